The normalized spacial score (nSPS) is 12.9. The van der Waals surface area contributed by atoms with Gasteiger partial charge in [0.25, 0.3) is 10.1 Å². The van der Waals surface area contributed by atoms with Crippen LogP contribution < -0.4 is 4.18 Å². The van der Waals surface area contributed by atoms with Crippen LogP contribution in [0.4, 0.5) is 4.39 Å². The van der Waals surface area contributed by atoms with Crippen molar-refractivity contribution in [2.75, 3.05) is 12.9 Å². The van der Waals surface area contributed by atoms with Crippen molar-refractivity contribution in [3.63, 3.8) is 0 Å². The molecular weight excluding hydrogens is 663 g/mol. The fourth-order valence-electron chi connectivity index (χ4n) is 5.36. The second kappa shape index (κ2) is 13.0. The Morgan fingerprint density at radius 1 is 0.864 bits per heavy atom. The number of rotatable bonds is 11. The largest absolute Gasteiger partial charge is 0.439 e. The quantitative estimate of drug-likeness (QED) is 0.129. The van der Waals surface area contributed by atoms with Gasteiger partial charge in [-0.15, -0.1) is 0 Å². The Morgan fingerprint density at radius 2 is 1.50 bits per heavy atom. The standard InChI is InChI=1S/C34H36BrFN2O4S2/c1-34(2,3)44(29-11-7-5-8-12-29,30-13-9-6-10-14-30)42-32-22-25(21-26-23-27(36)16-18-31(26)32)15-17-28-24-33(35)37-38(28)19-20-41-43(4,39)40/h5-14,16,18,21-24H,15,17,19-20H2,1-4H3. The van der Waals surface area contributed by atoms with Crippen LogP contribution in [0.5, 0.6) is 5.75 Å². The molecule has 0 aliphatic carbocycles. The highest BCUT2D eigenvalue weighted by atomic mass is 79.9. The third-order valence-corrected chi connectivity index (χ3v) is 12.3. The van der Waals surface area contributed by atoms with Crippen LogP contribution in [-0.4, -0.2) is 35.8 Å². The van der Waals surface area contributed by atoms with Gasteiger partial charge in [0.05, 0.1) is 19.4 Å². The highest BCUT2D eigenvalue weighted by Crippen LogP contribution is 2.71. The van der Waals surface area contributed by atoms with E-state index in [9.17, 15) is 12.8 Å². The van der Waals surface area contributed by atoms with Crippen LogP contribution in [0, 0.1) is 5.82 Å². The van der Waals surface area contributed by atoms with E-state index in [1.54, 1.807) is 16.8 Å². The number of hydrogen-bond acceptors (Lipinski definition) is 5. The molecule has 232 valence electrons. The zero-order chi connectivity index (χ0) is 31.5. The second-order valence-corrected chi connectivity index (χ2v) is 17.4. The number of hydrogen-bond donors (Lipinski definition) is 0. The van der Waals surface area contributed by atoms with Gasteiger partial charge < -0.3 is 4.18 Å². The third kappa shape index (κ3) is 7.20. The van der Waals surface area contributed by atoms with Crippen LogP contribution in [0.3, 0.4) is 0 Å². The van der Waals surface area contributed by atoms with Crippen molar-refractivity contribution in [1.29, 1.82) is 0 Å². The Balaban J connectivity index is 1.56. The summed E-state index contributed by atoms with van der Waals surface area (Å²) in [6.07, 6.45) is 2.27. The van der Waals surface area contributed by atoms with Gasteiger partial charge in [-0.3, -0.25) is 8.86 Å². The maximum atomic E-state index is 14.6. The Bertz CT molecular complexity index is 1820. The zero-order valence-corrected chi connectivity index (χ0v) is 28.4. The molecule has 0 bridgehead atoms. The third-order valence-electron chi connectivity index (χ3n) is 7.27. The molecule has 6 nitrogen and oxygen atoms in total. The molecule has 0 N–H and O–H groups in total. The van der Waals surface area contributed by atoms with Gasteiger partial charge in [-0.2, -0.15) is 13.5 Å². The van der Waals surface area contributed by atoms with Crippen molar-refractivity contribution >= 4 is 47.1 Å². The summed E-state index contributed by atoms with van der Waals surface area (Å²) in [5.41, 5.74) is 1.90. The van der Waals surface area contributed by atoms with Gasteiger partial charge in [-0.25, -0.2) is 4.39 Å². The topological polar surface area (TPSA) is 70.4 Å². The molecule has 0 unspecified atom stereocenters. The van der Waals surface area contributed by atoms with E-state index in [1.165, 1.54) is 6.07 Å². The summed E-state index contributed by atoms with van der Waals surface area (Å²) < 4.78 is 51.8. The fourth-order valence-corrected chi connectivity index (χ4v) is 9.81. The number of aromatic nitrogens is 2. The first-order chi connectivity index (χ1) is 20.9. The minimum Gasteiger partial charge on any atom is -0.439 e. The SMILES string of the molecule is CC(C)(C)S(Oc1cc(CCc2cc(Br)nn2CCOS(C)(=O)=O)cc2cc(F)ccc12)(c1ccccc1)c1ccccc1. The van der Waals surface area contributed by atoms with E-state index >= 15 is 0 Å². The summed E-state index contributed by atoms with van der Waals surface area (Å²) in [7, 11) is -5.66. The number of aryl methyl sites for hydroxylation is 2. The van der Waals surface area contributed by atoms with E-state index < -0.39 is 20.4 Å². The van der Waals surface area contributed by atoms with Crippen molar-refractivity contribution in [1.82, 2.24) is 9.78 Å². The smallest absolute Gasteiger partial charge is 0.264 e. The summed E-state index contributed by atoms with van der Waals surface area (Å²) in [5.74, 6) is 0.389. The Labute approximate surface area is 269 Å². The molecule has 0 aliphatic heterocycles. The maximum Gasteiger partial charge on any atom is 0.264 e. The predicted octanol–water partition coefficient (Wildman–Crippen LogP) is 8.71. The van der Waals surface area contributed by atoms with E-state index in [-0.39, 0.29) is 23.7 Å². The van der Waals surface area contributed by atoms with Crippen molar-refractivity contribution in [3.8, 4) is 5.75 Å². The molecule has 1 heterocycles. The van der Waals surface area contributed by atoms with Crippen molar-refractivity contribution in [2.45, 2.75) is 54.7 Å². The first kappa shape index (κ1) is 32.2. The molecule has 0 amide bonds. The lowest BCUT2D eigenvalue weighted by molar-refractivity contribution is 0.295. The van der Waals surface area contributed by atoms with E-state index in [0.717, 1.165) is 38.1 Å². The maximum absolute atomic E-state index is 14.6. The summed E-state index contributed by atoms with van der Waals surface area (Å²) in [6.45, 7) is 6.91. The molecule has 0 saturated carbocycles. The summed E-state index contributed by atoms with van der Waals surface area (Å²) in [4.78, 5) is 2.20. The Kier molecular flexibility index (Phi) is 9.55. The molecule has 5 aromatic rings. The highest BCUT2D eigenvalue weighted by molar-refractivity contribution is 9.10. The molecule has 0 spiro atoms. The van der Waals surface area contributed by atoms with Gasteiger partial charge in [0, 0.05) is 25.6 Å². The van der Waals surface area contributed by atoms with Crippen LogP contribution in [0.1, 0.15) is 32.0 Å². The van der Waals surface area contributed by atoms with E-state index in [1.807, 2.05) is 48.5 Å². The van der Waals surface area contributed by atoms with Crippen molar-refractivity contribution in [2.24, 2.45) is 0 Å². The molecule has 1 aromatic heterocycles. The highest BCUT2D eigenvalue weighted by Gasteiger charge is 2.43. The van der Waals surface area contributed by atoms with E-state index in [0.29, 0.717) is 23.2 Å². The zero-order valence-electron chi connectivity index (χ0n) is 25.2. The van der Waals surface area contributed by atoms with Gasteiger partial charge in [-0.1, -0.05) is 42.5 Å². The molecular formula is C34H36BrFN2O4S2. The lowest BCUT2D eigenvalue weighted by Gasteiger charge is -2.50. The van der Waals surface area contributed by atoms with Gasteiger partial charge in [-0.05, 0) is 125 Å². The number of nitrogens with zero attached hydrogens (tertiary/aromatic N) is 2. The summed E-state index contributed by atoms with van der Waals surface area (Å²) in [6, 6.07) is 31.5. The molecule has 0 atom stereocenters. The number of halogens is 2. The fraction of sp³-hybridized carbons (Fsp3) is 0.265. The first-order valence-corrected chi connectivity index (χ1v) is 18.4. The molecule has 0 radical (unpaired) electrons. The minimum atomic E-state index is -3.55. The van der Waals surface area contributed by atoms with Crippen LogP contribution >= 0.6 is 26.2 Å². The number of benzene rings is 4. The van der Waals surface area contributed by atoms with Gasteiger partial charge >= 0.3 is 0 Å². The lowest BCUT2D eigenvalue weighted by Crippen LogP contribution is -2.30. The lowest BCUT2D eigenvalue weighted by atomic mass is 10.0. The van der Waals surface area contributed by atoms with Crippen LogP contribution in [-0.2, 0) is 33.7 Å². The van der Waals surface area contributed by atoms with Gasteiger partial charge in [0.2, 0.25) is 0 Å². The summed E-state index contributed by atoms with van der Waals surface area (Å²) in [5, 5.41) is 6.05. The van der Waals surface area contributed by atoms with Gasteiger partial charge in [0.1, 0.15) is 16.2 Å². The Morgan fingerprint density at radius 3 is 2.09 bits per heavy atom. The predicted molar refractivity (Wildman–Crippen MR) is 179 cm³/mol. The van der Waals surface area contributed by atoms with Gasteiger partial charge in [0.15, 0.2) is 0 Å². The molecule has 0 aliphatic rings. The average molecular weight is 700 g/mol. The average Bonchev–Trinajstić information content (AvgIpc) is 3.32. The molecule has 0 saturated heterocycles. The summed E-state index contributed by atoms with van der Waals surface area (Å²) >= 11 is 3.44. The first-order valence-electron chi connectivity index (χ1n) is 14.3. The molecule has 44 heavy (non-hydrogen) atoms. The minimum absolute atomic E-state index is 0.0101. The van der Waals surface area contributed by atoms with Crippen LogP contribution in [0.25, 0.3) is 10.8 Å². The molecule has 10 heteroatoms. The number of fused-ring (bicyclic) bond motifs is 1. The monoisotopic (exact) mass is 698 g/mol. The molecule has 0 fully saturated rings. The van der Waals surface area contributed by atoms with Crippen LogP contribution in [0.2, 0.25) is 0 Å². The van der Waals surface area contributed by atoms with Crippen molar-refractivity contribution < 1.29 is 21.2 Å². The second-order valence-electron chi connectivity index (χ2n) is 11.5. The Hall–Kier alpha value is -3.18. The molecule has 5 rings (SSSR count). The van der Waals surface area contributed by atoms with Crippen LogP contribution in [0.15, 0.2) is 111 Å². The van der Waals surface area contributed by atoms with Crippen molar-refractivity contribution in [3.05, 3.63) is 119 Å². The molecule has 4 aromatic carbocycles. The van der Waals surface area contributed by atoms with E-state index in [4.69, 9.17) is 8.37 Å². The van der Waals surface area contributed by atoms with E-state index in [2.05, 4.69) is 72.1 Å².